The van der Waals surface area contributed by atoms with E-state index in [4.69, 9.17) is 21.8 Å². The highest BCUT2D eigenvalue weighted by Crippen LogP contribution is 2.28. The van der Waals surface area contributed by atoms with Crippen LogP contribution < -0.4 is 10.1 Å². The summed E-state index contributed by atoms with van der Waals surface area (Å²) in [7, 11) is 1.39. The van der Waals surface area contributed by atoms with Gasteiger partial charge >= 0.3 is 0 Å². The highest BCUT2D eigenvalue weighted by atomic mass is 35.7. The number of benzene rings is 1. The average Bonchev–Trinajstić information content (AvgIpc) is 2.36. The molecule has 1 amide bonds. The summed E-state index contributed by atoms with van der Waals surface area (Å²) in [6.07, 6.45) is 4.13. The van der Waals surface area contributed by atoms with E-state index in [-0.39, 0.29) is 17.2 Å². The van der Waals surface area contributed by atoms with Gasteiger partial charge in [0.15, 0.2) is 6.10 Å². The highest BCUT2D eigenvalue weighted by Gasteiger charge is 2.21. The SMILES string of the molecule is C#CCNC(=O)C(C)Oc1ccc(C)cc1S(=O)(=O)Cl. The molecule has 1 rings (SSSR count). The smallest absolute Gasteiger partial charge is 0.264 e. The molecule has 0 aromatic heterocycles. The number of carbonyl (C=O) groups excluding carboxylic acids is 1. The fourth-order valence-electron chi connectivity index (χ4n) is 1.43. The lowest BCUT2D eigenvalue weighted by molar-refractivity contribution is -0.127. The van der Waals surface area contributed by atoms with Crippen LogP contribution in [0, 0.1) is 19.3 Å². The summed E-state index contributed by atoms with van der Waals surface area (Å²) in [5, 5.41) is 2.44. The van der Waals surface area contributed by atoms with Gasteiger partial charge in [-0.1, -0.05) is 12.0 Å². The third kappa shape index (κ3) is 4.44. The third-order valence-corrected chi connectivity index (χ3v) is 3.74. The van der Waals surface area contributed by atoms with Gasteiger partial charge in [0.05, 0.1) is 6.54 Å². The second-order valence-electron chi connectivity index (χ2n) is 4.07. The fraction of sp³-hybridized carbons (Fsp3) is 0.308. The molecular weight excluding hydrogens is 302 g/mol. The molecule has 108 valence electrons. The van der Waals surface area contributed by atoms with Crippen molar-refractivity contribution in [3.63, 3.8) is 0 Å². The van der Waals surface area contributed by atoms with Crippen molar-refractivity contribution in [3.8, 4) is 18.1 Å². The van der Waals surface area contributed by atoms with Crippen molar-refractivity contribution in [2.24, 2.45) is 0 Å². The van der Waals surface area contributed by atoms with Gasteiger partial charge in [-0.15, -0.1) is 6.42 Å². The van der Waals surface area contributed by atoms with Gasteiger partial charge in [0.25, 0.3) is 15.0 Å². The molecular formula is C13H14ClNO4S. The molecule has 20 heavy (non-hydrogen) atoms. The number of aryl methyl sites for hydroxylation is 1. The van der Waals surface area contributed by atoms with E-state index in [2.05, 4.69) is 11.2 Å². The van der Waals surface area contributed by atoms with Crippen LogP contribution in [0.4, 0.5) is 0 Å². The predicted octanol–water partition coefficient (Wildman–Crippen LogP) is 1.44. The van der Waals surface area contributed by atoms with Gasteiger partial charge < -0.3 is 10.1 Å². The average molecular weight is 316 g/mol. The van der Waals surface area contributed by atoms with E-state index in [1.807, 2.05) is 0 Å². The van der Waals surface area contributed by atoms with Crippen LogP contribution in [0.25, 0.3) is 0 Å². The maximum Gasteiger partial charge on any atom is 0.264 e. The maximum absolute atomic E-state index is 11.6. The normalized spacial score (nSPS) is 12.3. The second-order valence-corrected chi connectivity index (χ2v) is 6.60. The van der Waals surface area contributed by atoms with Crippen LogP contribution in [0.5, 0.6) is 5.75 Å². The summed E-state index contributed by atoms with van der Waals surface area (Å²) in [5.41, 5.74) is 0.709. The second kappa shape index (κ2) is 6.64. The minimum atomic E-state index is -3.96. The van der Waals surface area contributed by atoms with Gasteiger partial charge in [-0.3, -0.25) is 4.79 Å². The zero-order chi connectivity index (χ0) is 15.3. The molecule has 0 radical (unpaired) electrons. The predicted molar refractivity (Wildman–Crippen MR) is 76.2 cm³/mol. The van der Waals surface area contributed by atoms with Crippen molar-refractivity contribution in [2.75, 3.05) is 6.54 Å². The van der Waals surface area contributed by atoms with E-state index in [1.54, 1.807) is 13.0 Å². The number of nitrogens with one attached hydrogen (secondary N) is 1. The van der Waals surface area contributed by atoms with E-state index in [9.17, 15) is 13.2 Å². The van der Waals surface area contributed by atoms with Gasteiger partial charge in [-0.05, 0) is 31.5 Å². The van der Waals surface area contributed by atoms with Crippen LogP contribution in [0.2, 0.25) is 0 Å². The lowest BCUT2D eigenvalue weighted by atomic mass is 10.2. The summed E-state index contributed by atoms with van der Waals surface area (Å²) in [6, 6.07) is 4.49. The Hall–Kier alpha value is -1.71. The van der Waals surface area contributed by atoms with Crippen LogP contribution in [0.15, 0.2) is 23.1 Å². The van der Waals surface area contributed by atoms with Gasteiger partial charge in [0.1, 0.15) is 10.6 Å². The monoisotopic (exact) mass is 315 g/mol. The van der Waals surface area contributed by atoms with Crippen molar-refractivity contribution in [2.45, 2.75) is 24.8 Å². The number of rotatable bonds is 5. The van der Waals surface area contributed by atoms with E-state index >= 15 is 0 Å². The van der Waals surface area contributed by atoms with E-state index in [0.29, 0.717) is 5.56 Å². The van der Waals surface area contributed by atoms with Gasteiger partial charge in [0.2, 0.25) is 0 Å². The number of ether oxygens (including phenoxy) is 1. The topological polar surface area (TPSA) is 72.5 Å². The van der Waals surface area contributed by atoms with E-state index < -0.39 is 21.1 Å². The van der Waals surface area contributed by atoms with Gasteiger partial charge in [-0.25, -0.2) is 8.42 Å². The Bertz CT molecular complexity index is 649. The van der Waals surface area contributed by atoms with Crippen molar-refractivity contribution < 1.29 is 17.9 Å². The van der Waals surface area contributed by atoms with E-state index in [0.717, 1.165) is 0 Å². The first kappa shape index (κ1) is 16.3. The fourth-order valence-corrected chi connectivity index (χ4v) is 2.47. The molecule has 0 bridgehead atoms. The third-order valence-electron chi connectivity index (χ3n) is 2.40. The standard InChI is InChI=1S/C13H14ClNO4S/c1-4-7-15-13(16)10(3)19-11-6-5-9(2)8-12(11)20(14,17)18/h1,5-6,8,10H,7H2,2-3H3,(H,15,16). The molecule has 0 saturated carbocycles. The molecule has 7 heteroatoms. The molecule has 0 fully saturated rings. The Labute approximate surface area is 122 Å². The Kier molecular flexibility index (Phi) is 5.43. The molecule has 1 atom stereocenters. The largest absolute Gasteiger partial charge is 0.479 e. The summed E-state index contributed by atoms with van der Waals surface area (Å²) >= 11 is 0. The molecule has 5 nitrogen and oxygen atoms in total. The number of amides is 1. The summed E-state index contributed by atoms with van der Waals surface area (Å²) in [6.45, 7) is 3.27. The molecule has 0 aliphatic heterocycles. The summed E-state index contributed by atoms with van der Waals surface area (Å²) in [4.78, 5) is 11.4. The van der Waals surface area contributed by atoms with Gasteiger partial charge in [0, 0.05) is 10.7 Å². The van der Waals surface area contributed by atoms with Crippen molar-refractivity contribution >= 4 is 25.6 Å². The van der Waals surface area contributed by atoms with Crippen LogP contribution in [-0.2, 0) is 13.8 Å². The Balaban J connectivity index is 2.99. The van der Waals surface area contributed by atoms with Crippen LogP contribution in [-0.4, -0.2) is 27.0 Å². The van der Waals surface area contributed by atoms with Crippen molar-refractivity contribution in [1.82, 2.24) is 5.32 Å². The molecule has 0 aliphatic rings. The summed E-state index contributed by atoms with van der Waals surface area (Å²) in [5.74, 6) is 1.84. The zero-order valence-corrected chi connectivity index (χ0v) is 12.6. The molecule has 1 N–H and O–H groups in total. The lowest BCUT2D eigenvalue weighted by Crippen LogP contribution is -2.36. The molecule has 0 saturated heterocycles. The number of terminal acetylenes is 1. The highest BCUT2D eigenvalue weighted by molar-refractivity contribution is 8.13. The number of carbonyl (C=O) groups is 1. The number of halogens is 1. The zero-order valence-electron chi connectivity index (χ0n) is 11.0. The number of hydrogen-bond donors (Lipinski definition) is 1. The molecule has 0 aliphatic carbocycles. The first-order valence-electron chi connectivity index (χ1n) is 5.69. The van der Waals surface area contributed by atoms with Crippen molar-refractivity contribution in [3.05, 3.63) is 23.8 Å². The summed E-state index contributed by atoms with van der Waals surface area (Å²) < 4.78 is 28.3. The van der Waals surface area contributed by atoms with E-state index in [1.165, 1.54) is 19.1 Å². The first-order chi connectivity index (χ1) is 9.25. The first-order valence-corrected chi connectivity index (χ1v) is 7.99. The maximum atomic E-state index is 11.6. The van der Waals surface area contributed by atoms with Gasteiger partial charge in [-0.2, -0.15) is 0 Å². The Morgan fingerprint density at radius 2 is 2.20 bits per heavy atom. The minimum absolute atomic E-state index is 0.0222. The molecule has 1 unspecified atom stereocenters. The molecule has 0 heterocycles. The Morgan fingerprint density at radius 1 is 1.55 bits per heavy atom. The van der Waals surface area contributed by atoms with Crippen LogP contribution >= 0.6 is 10.7 Å². The van der Waals surface area contributed by atoms with Crippen molar-refractivity contribution in [1.29, 1.82) is 0 Å². The minimum Gasteiger partial charge on any atom is -0.479 e. The quantitative estimate of drug-likeness (QED) is 0.659. The Morgan fingerprint density at radius 3 is 2.75 bits per heavy atom. The molecule has 1 aromatic rings. The molecule has 1 aromatic carbocycles. The lowest BCUT2D eigenvalue weighted by Gasteiger charge is -2.16. The van der Waals surface area contributed by atoms with Crippen LogP contribution in [0.3, 0.4) is 0 Å². The molecule has 0 spiro atoms. The van der Waals surface area contributed by atoms with Crippen LogP contribution in [0.1, 0.15) is 12.5 Å². The number of hydrogen-bond acceptors (Lipinski definition) is 4.